The lowest BCUT2D eigenvalue weighted by atomic mass is 10.0. The molecule has 0 bridgehead atoms. The molecule has 1 fully saturated rings. The number of amides is 1. The van der Waals surface area contributed by atoms with Crippen LogP contribution in [0, 0.1) is 11.3 Å². The van der Waals surface area contributed by atoms with Gasteiger partial charge in [-0.1, -0.05) is 18.2 Å². The number of rotatable bonds is 6. The summed E-state index contributed by atoms with van der Waals surface area (Å²) >= 11 is 0. The molecule has 7 heteroatoms. The number of hydrogen-bond acceptors (Lipinski definition) is 4. The van der Waals surface area contributed by atoms with Gasteiger partial charge in [-0.3, -0.25) is 4.90 Å². The molecule has 1 atom stereocenters. The Kier molecular flexibility index (Phi) is 5.87. The third-order valence-corrected chi connectivity index (χ3v) is 4.32. The van der Waals surface area contributed by atoms with Crippen LogP contribution in [-0.4, -0.2) is 33.8 Å². The number of benzene rings is 1. The molecule has 0 saturated heterocycles. The number of nitrogens with zero attached hydrogens (tertiary/aromatic N) is 2. The average molecular weight is 366 g/mol. The Hall–Kier alpha value is -2.20. The van der Waals surface area contributed by atoms with Crippen molar-refractivity contribution in [2.24, 2.45) is 0 Å². The molecule has 1 aromatic rings. The minimum atomic E-state index is -2.64. The molecule has 26 heavy (non-hydrogen) atoms. The van der Waals surface area contributed by atoms with Crippen LogP contribution in [0.1, 0.15) is 63.7 Å². The smallest absolute Gasteiger partial charge is 0.410 e. The van der Waals surface area contributed by atoms with Crippen LogP contribution in [0.4, 0.5) is 13.6 Å². The van der Waals surface area contributed by atoms with Crippen molar-refractivity contribution in [3.8, 4) is 6.07 Å². The van der Waals surface area contributed by atoms with E-state index >= 15 is 0 Å². The van der Waals surface area contributed by atoms with Gasteiger partial charge in [-0.2, -0.15) is 5.26 Å². The lowest BCUT2D eigenvalue weighted by molar-refractivity contribution is 0.000177. The summed E-state index contributed by atoms with van der Waals surface area (Å²) in [6, 6.07) is 7.57. The maximum absolute atomic E-state index is 12.9. The Labute approximate surface area is 152 Å². The second-order valence-electron chi connectivity index (χ2n) is 7.64. The van der Waals surface area contributed by atoms with Gasteiger partial charge in [-0.05, 0) is 45.2 Å². The van der Waals surface area contributed by atoms with Crippen molar-refractivity contribution in [3.63, 3.8) is 0 Å². The molecule has 1 N–H and O–H groups in total. The fourth-order valence-electron chi connectivity index (χ4n) is 2.79. The normalized spacial score (nSPS) is 16.7. The Morgan fingerprint density at radius 2 is 2.00 bits per heavy atom. The highest BCUT2D eigenvalue weighted by atomic mass is 19.3. The molecule has 142 valence electrons. The van der Waals surface area contributed by atoms with Crippen LogP contribution in [0.2, 0.25) is 0 Å². The Morgan fingerprint density at radius 1 is 1.38 bits per heavy atom. The largest absolute Gasteiger partial charge is 0.444 e. The second-order valence-corrected chi connectivity index (χ2v) is 7.64. The number of carbonyl (C=O) groups is 1. The van der Waals surface area contributed by atoms with Crippen LogP contribution in [-0.2, 0) is 4.74 Å². The van der Waals surface area contributed by atoms with Gasteiger partial charge in [-0.15, -0.1) is 0 Å². The fourth-order valence-corrected chi connectivity index (χ4v) is 2.79. The summed E-state index contributed by atoms with van der Waals surface area (Å²) in [7, 11) is 0. The third-order valence-electron chi connectivity index (χ3n) is 4.32. The number of hydrogen-bond donors (Lipinski definition) is 1. The summed E-state index contributed by atoms with van der Waals surface area (Å²) in [5, 5.41) is 19.6. The predicted octanol–water partition coefficient (Wildman–Crippen LogP) is 4.34. The molecule has 1 aliphatic carbocycles. The molecule has 2 rings (SSSR count). The standard InChI is InChI=1S/C19H24F2N2O3/c1-18(2,3)26-17(25)23(19(7-8-19)9-10-22)12-15(24)13-5-4-6-14(11-13)16(20)21/h4-6,11,15-16,24H,7-9,12H2,1-3H3. The van der Waals surface area contributed by atoms with E-state index < -0.39 is 29.8 Å². The van der Waals surface area contributed by atoms with E-state index in [1.807, 2.05) is 0 Å². The van der Waals surface area contributed by atoms with Gasteiger partial charge in [0.05, 0.1) is 30.7 Å². The van der Waals surface area contributed by atoms with E-state index in [4.69, 9.17) is 10.00 Å². The summed E-state index contributed by atoms with van der Waals surface area (Å²) in [4.78, 5) is 14.0. The summed E-state index contributed by atoms with van der Waals surface area (Å²) < 4.78 is 31.2. The molecule has 1 amide bonds. The Bertz CT molecular complexity index is 691. The SMILES string of the molecule is CC(C)(C)OC(=O)N(CC(O)c1cccc(C(F)F)c1)C1(CC#N)CC1. The molecule has 0 aromatic heterocycles. The van der Waals surface area contributed by atoms with Gasteiger partial charge in [0.1, 0.15) is 5.60 Å². The van der Waals surface area contributed by atoms with E-state index in [0.717, 1.165) is 0 Å². The van der Waals surface area contributed by atoms with Crippen LogP contribution in [0.25, 0.3) is 0 Å². The van der Waals surface area contributed by atoms with Crippen molar-refractivity contribution in [1.29, 1.82) is 5.26 Å². The quantitative estimate of drug-likeness (QED) is 0.813. The molecular formula is C19H24F2N2O3. The number of ether oxygens (including phenoxy) is 1. The number of aliphatic hydroxyl groups is 1. The summed E-state index contributed by atoms with van der Waals surface area (Å²) in [5.74, 6) is 0. The van der Waals surface area contributed by atoms with Gasteiger partial charge < -0.3 is 9.84 Å². The van der Waals surface area contributed by atoms with E-state index in [-0.39, 0.29) is 18.5 Å². The van der Waals surface area contributed by atoms with Gasteiger partial charge in [0.15, 0.2) is 0 Å². The number of β-amino-alcohol motifs (C(OH)–C–C–N with tert-alkyl or cyclic N) is 1. The van der Waals surface area contributed by atoms with Crippen LogP contribution in [0.5, 0.6) is 0 Å². The number of aliphatic hydroxyl groups excluding tert-OH is 1. The number of nitriles is 1. The first-order valence-corrected chi connectivity index (χ1v) is 8.52. The second kappa shape index (κ2) is 7.58. The highest BCUT2D eigenvalue weighted by molar-refractivity contribution is 5.70. The number of carbonyl (C=O) groups excluding carboxylic acids is 1. The van der Waals surface area contributed by atoms with Crippen molar-refractivity contribution in [1.82, 2.24) is 4.90 Å². The zero-order chi connectivity index (χ0) is 19.5. The summed E-state index contributed by atoms with van der Waals surface area (Å²) in [5.41, 5.74) is -1.27. The van der Waals surface area contributed by atoms with E-state index in [9.17, 15) is 18.7 Å². The van der Waals surface area contributed by atoms with E-state index in [1.165, 1.54) is 29.2 Å². The van der Waals surface area contributed by atoms with Crippen molar-refractivity contribution in [3.05, 3.63) is 35.4 Å². The zero-order valence-electron chi connectivity index (χ0n) is 15.2. The molecule has 0 heterocycles. The van der Waals surface area contributed by atoms with Gasteiger partial charge in [0, 0.05) is 5.56 Å². The van der Waals surface area contributed by atoms with E-state index in [0.29, 0.717) is 18.4 Å². The number of halogens is 2. The first kappa shape index (κ1) is 20.1. The first-order valence-electron chi connectivity index (χ1n) is 8.52. The third kappa shape index (κ3) is 4.92. The summed E-state index contributed by atoms with van der Waals surface area (Å²) in [6.07, 6.45) is -2.99. The van der Waals surface area contributed by atoms with Crippen molar-refractivity contribution >= 4 is 6.09 Å². The molecule has 1 saturated carbocycles. The lowest BCUT2D eigenvalue weighted by Gasteiger charge is -2.34. The molecule has 0 aliphatic heterocycles. The Balaban J connectivity index is 2.22. The topological polar surface area (TPSA) is 73.6 Å². The zero-order valence-corrected chi connectivity index (χ0v) is 15.2. The minimum Gasteiger partial charge on any atom is -0.444 e. The maximum Gasteiger partial charge on any atom is 0.410 e. The van der Waals surface area contributed by atoms with Gasteiger partial charge in [0.2, 0.25) is 0 Å². The van der Waals surface area contributed by atoms with Crippen LogP contribution in [0.3, 0.4) is 0 Å². The monoisotopic (exact) mass is 366 g/mol. The van der Waals surface area contributed by atoms with Crippen LogP contribution < -0.4 is 0 Å². The molecule has 1 aromatic carbocycles. The van der Waals surface area contributed by atoms with Crippen molar-refractivity contribution in [2.45, 2.75) is 63.7 Å². The average Bonchev–Trinajstić information content (AvgIpc) is 3.31. The van der Waals surface area contributed by atoms with Crippen LogP contribution in [0.15, 0.2) is 24.3 Å². The van der Waals surface area contributed by atoms with Crippen molar-refractivity contribution in [2.75, 3.05) is 6.54 Å². The molecule has 0 radical (unpaired) electrons. The van der Waals surface area contributed by atoms with Gasteiger partial charge in [0.25, 0.3) is 6.43 Å². The lowest BCUT2D eigenvalue weighted by Crippen LogP contribution is -2.46. The van der Waals surface area contributed by atoms with Crippen LogP contribution >= 0.6 is 0 Å². The minimum absolute atomic E-state index is 0.122. The van der Waals surface area contributed by atoms with Gasteiger partial charge in [-0.25, -0.2) is 13.6 Å². The molecule has 1 aliphatic rings. The fraction of sp³-hybridized carbons (Fsp3) is 0.579. The Morgan fingerprint density at radius 3 is 2.50 bits per heavy atom. The number of alkyl halides is 2. The summed E-state index contributed by atoms with van der Waals surface area (Å²) in [6.45, 7) is 5.07. The highest BCUT2D eigenvalue weighted by Gasteiger charge is 2.51. The first-order chi connectivity index (χ1) is 12.1. The van der Waals surface area contributed by atoms with E-state index in [1.54, 1.807) is 20.8 Å². The predicted molar refractivity (Wildman–Crippen MR) is 91.5 cm³/mol. The molecule has 0 spiro atoms. The van der Waals surface area contributed by atoms with E-state index in [2.05, 4.69) is 6.07 Å². The van der Waals surface area contributed by atoms with Gasteiger partial charge >= 0.3 is 6.09 Å². The molecular weight excluding hydrogens is 342 g/mol. The molecule has 1 unspecified atom stereocenters. The highest BCUT2D eigenvalue weighted by Crippen LogP contribution is 2.46. The van der Waals surface area contributed by atoms with Crippen molar-refractivity contribution < 1.29 is 23.4 Å². The molecule has 5 nitrogen and oxygen atoms in total. The maximum atomic E-state index is 12.9.